The third-order valence-corrected chi connectivity index (χ3v) is 5.03. The summed E-state index contributed by atoms with van der Waals surface area (Å²) in [6.45, 7) is 0. The number of amides is 1. The van der Waals surface area contributed by atoms with E-state index in [-0.39, 0.29) is 11.7 Å². The lowest BCUT2D eigenvalue weighted by molar-refractivity contribution is 0.0996. The van der Waals surface area contributed by atoms with Gasteiger partial charge in [0.25, 0.3) is 5.91 Å². The van der Waals surface area contributed by atoms with Crippen molar-refractivity contribution in [3.63, 3.8) is 0 Å². The van der Waals surface area contributed by atoms with Gasteiger partial charge in [0.05, 0.1) is 16.8 Å². The Kier molecular flexibility index (Phi) is 3.95. The Bertz CT molecular complexity index is 1260. The van der Waals surface area contributed by atoms with E-state index >= 15 is 0 Å². The van der Waals surface area contributed by atoms with Gasteiger partial charge in [0.2, 0.25) is 0 Å². The van der Waals surface area contributed by atoms with Crippen LogP contribution >= 0.6 is 11.3 Å². The van der Waals surface area contributed by atoms with Gasteiger partial charge in [0, 0.05) is 11.3 Å². The average molecular weight is 387 g/mol. The molecule has 5 rings (SSSR count). The van der Waals surface area contributed by atoms with Crippen LogP contribution in [0.5, 0.6) is 0 Å². The Hall–Kier alpha value is -3.78. The van der Waals surface area contributed by atoms with E-state index in [1.807, 2.05) is 53.9 Å². The quantitative estimate of drug-likeness (QED) is 0.495. The predicted molar refractivity (Wildman–Crippen MR) is 106 cm³/mol. The Morgan fingerprint density at radius 2 is 2.00 bits per heavy atom. The fourth-order valence-electron chi connectivity index (χ4n) is 2.86. The molecule has 0 saturated carbocycles. The molecule has 1 amide bonds. The van der Waals surface area contributed by atoms with Gasteiger partial charge in [-0.3, -0.25) is 4.79 Å². The highest BCUT2D eigenvalue weighted by Gasteiger charge is 2.13. The van der Waals surface area contributed by atoms with Crippen LogP contribution in [-0.2, 0) is 0 Å². The van der Waals surface area contributed by atoms with Crippen LogP contribution in [0.4, 0.5) is 5.69 Å². The molecule has 0 atom stereocenters. The van der Waals surface area contributed by atoms with Crippen LogP contribution < -0.4 is 5.32 Å². The summed E-state index contributed by atoms with van der Waals surface area (Å²) in [7, 11) is 0. The number of carbonyl (C=O) groups excluding carboxylic acids is 1. The number of carbonyl (C=O) groups is 1. The largest absolute Gasteiger partial charge is 0.459 e. The van der Waals surface area contributed by atoms with Crippen LogP contribution in [0.2, 0.25) is 0 Å². The molecule has 0 bridgehead atoms. The minimum Gasteiger partial charge on any atom is -0.459 e. The molecule has 0 radical (unpaired) electrons. The molecule has 0 unspecified atom stereocenters. The summed E-state index contributed by atoms with van der Waals surface area (Å²) in [5, 5.41) is 18.0. The molecule has 0 aliphatic rings. The van der Waals surface area contributed by atoms with Crippen LogP contribution in [-0.4, -0.2) is 25.7 Å². The predicted octanol–water partition coefficient (Wildman–Crippen LogP) is 4.37. The van der Waals surface area contributed by atoms with Crippen molar-refractivity contribution < 1.29 is 9.21 Å². The van der Waals surface area contributed by atoms with Gasteiger partial charge < -0.3 is 9.73 Å². The van der Waals surface area contributed by atoms with Crippen LogP contribution in [0.3, 0.4) is 0 Å². The third kappa shape index (κ3) is 2.95. The fraction of sp³-hybridized carbons (Fsp3) is 0. The first-order chi connectivity index (χ1) is 13.8. The summed E-state index contributed by atoms with van der Waals surface area (Å²) in [6.07, 6.45) is 1.47. The number of thiophene rings is 1. The van der Waals surface area contributed by atoms with Crippen molar-refractivity contribution in [2.75, 3.05) is 5.32 Å². The monoisotopic (exact) mass is 387 g/mol. The number of furan rings is 1. The highest BCUT2D eigenvalue weighted by molar-refractivity contribution is 7.13. The molecule has 0 fully saturated rings. The molecular formula is C20H13N5O2S. The Labute approximate surface area is 163 Å². The van der Waals surface area contributed by atoms with Crippen molar-refractivity contribution >= 4 is 28.6 Å². The normalized spacial score (nSPS) is 11.0. The number of fused-ring (bicyclic) bond motifs is 1. The maximum absolute atomic E-state index is 12.2. The zero-order valence-electron chi connectivity index (χ0n) is 14.4. The summed E-state index contributed by atoms with van der Waals surface area (Å²) in [4.78, 5) is 13.2. The molecule has 1 N–H and O–H groups in total. The van der Waals surface area contributed by atoms with E-state index in [0.29, 0.717) is 17.2 Å². The summed E-state index contributed by atoms with van der Waals surface area (Å²) < 4.78 is 6.86. The number of nitrogens with one attached hydrogen (secondary N) is 1. The Morgan fingerprint density at radius 3 is 2.82 bits per heavy atom. The molecule has 0 aliphatic carbocycles. The number of nitrogens with zero attached hydrogens (tertiary/aromatic N) is 4. The van der Waals surface area contributed by atoms with Crippen LogP contribution in [0, 0.1) is 0 Å². The molecule has 0 aliphatic heterocycles. The lowest BCUT2D eigenvalue weighted by atomic mass is 10.1. The molecule has 4 heterocycles. The van der Waals surface area contributed by atoms with Gasteiger partial charge in [0.15, 0.2) is 17.2 Å². The van der Waals surface area contributed by atoms with Gasteiger partial charge in [-0.05, 0) is 47.8 Å². The van der Waals surface area contributed by atoms with E-state index in [1.165, 1.54) is 6.26 Å². The van der Waals surface area contributed by atoms with Gasteiger partial charge in [-0.2, -0.15) is 9.61 Å². The highest BCUT2D eigenvalue weighted by atomic mass is 32.1. The molecule has 8 heteroatoms. The van der Waals surface area contributed by atoms with Crippen molar-refractivity contribution in [3.05, 3.63) is 78.1 Å². The van der Waals surface area contributed by atoms with E-state index < -0.39 is 0 Å². The number of benzene rings is 1. The maximum atomic E-state index is 12.2. The van der Waals surface area contributed by atoms with Gasteiger partial charge in [-0.25, -0.2) is 0 Å². The molecule has 0 spiro atoms. The van der Waals surface area contributed by atoms with Crippen molar-refractivity contribution in [1.29, 1.82) is 0 Å². The van der Waals surface area contributed by atoms with Crippen molar-refractivity contribution in [2.24, 2.45) is 0 Å². The number of aromatic nitrogens is 4. The smallest absolute Gasteiger partial charge is 0.291 e. The van der Waals surface area contributed by atoms with E-state index in [9.17, 15) is 4.79 Å². The minimum absolute atomic E-state index is 0.259. The standard InChI is InChI=1S/C20H13N5O2S/c26-20(16-6-2-10-27-16)21-14-5-1-4-13(12-14)15-8-9-18-22-23-19(25(18)24-15)17-7-3-11-28-17/h1-12H,(H,21,26). The van der Waals surface area contributed by atoms with Crippen molar-refractivity contribution in [2.45, 2.75) is 0 Å². The molecule has 1 aromatic carbocycles. The summed E-state index contributed by atoms with van der Waals surface area (Å²) in [5.41, 5.74) is 2.95. The first-order valence-corrected chi connectivity index (χ1v) is 9.37. The van der Waals surface area contributed by atoms with E-state index in [0.717, 1.165) is 16.1 Å². The number of rotatable bonds is 4. The first-order valence-electron chi connectivity index (χ1n) is 8.49. The topological polar surface area (TPSA) is 85.3 Å². The molecule has 4 aromatic heterocycles. The first kappa shape index (κ1) is 16.4. The summed E-state index contributed by atoms with van der Waals surface area (Å²) in [6, 6.07) is 18.5. The van der Waals surface area contributed by atoms with Crippen molar-refractivity contribution in [3.8, 4) is 22.0 Å². The Balaban J connectivity index is 1.50. The number of hydrogen-bond donors (Lipinski definition) is 1. The minimum atomic E-state index is -0.302. The van der Waals surface area contributed by atoms with E-state index in [1.54, 1.807) is 28.0 Å². The SMILES string of the molecule is O=C(Nc1cccc(-c2ccc3nnc(-c4cccs4)n3n2)c1)c1ccco1. The lowest BCUT2D eigenvalue weighted by Crippen LogP contribution is -2.10. The molecular weight excluding hydrogens is 374 g/mol. The van der Waals surface area contributed by atoms with Crippen LogP contribution in [0.1, 0.15) is 10.6 Å². The number of hydrogen-bond acceptors (Lipinski definition) is 6. The van der Waals surface area contributed by atoms with E-state index in [2.05, 4.69) is 15.5 Å². The zero-order valence-corrected chi connectivity index (χ0v) is 15.3. The molecule has 28 heavy (non-hydrogen) atoms. The van der Waals surface area contributed by atoms with Gasteiger partial charge in [-0.15, -0.1) is 21.5 Å². The fourth-order valence-corrected chi connectivity index (χ4v) is 3.55. The summed E-state index contributed by atoms with van der Waals surface area (Å²) >= 11 is 1.59. The van der Waals surface area contributed by atoms with Gasteiger partial charge in [-0.1, -0.05) is 18.2 Å². The van der Waals surface area contributed by atoms with E-state index in [4.69, 9.17) is 9.52 Å². The number of anilines is 1. The van der Waals surface area contributed by atoms with Gasteiger partial charge in [0.1, 0.15) is 0 Å². The zero-order chi connectivity index (χ0) is 18.9. The Morgan fingerprint density at radius 1 is 1.04 bits per heavy atom. The second-order valence-corrected chi connectivity index (χ2v) is 6.95. The van der Waals surface area contributed by atoms with Crippen molar-refractivity contribution in [1.82, 2.24) is 19.8 Å². The molecule has 7 nitrogen and oxygen atoms in total. The lowest BCUT2D eigenvalue weighted by Gasteiger charge is -2.07. The average Bonchev–Trinajstić information content (AvgIpc) is 3.48. The maximum Gasteiger partial charge on any atom is 0.291 e. The highest BCUT2D eigenvalue weighted by Crippen LogP contribution is 2.25. The third-order valence-electron chi connectivity index (χ3n) is 4.17. The second-order valence-electron chi connectivity index (χ2n) is 6.00. The molecule has 5 aromatic rings. The second kappa shape index (κ2) is 6.75. The molecule has 0 saturated heterocycles. The van der Waals surface area contributed by atoms with Crippen LogP contribution in [0.25, 0.3) is 27.6 Å². The summed E-state index contributed by atoms with van der Waals surface area (Å²) in [5.74, 6) is 0.661. The molecule has 136 valence electrons. The van der Waals surface area contributed by atoms with Gasteiger partial charge >= 0.3 is 0 Å². The van der Waals surface area contributed by atoms with Crippen LogP contribution in [0.15, 0.2) is 76.7 Å².